The first-order valence-corrected chi connectivity index (χ1v) is 10.3. The van der Waals surface area contributed by atoms with Crippen LogP contribution in [0.2, 0.25) is 0 Å². The van der Waals surface area contributed by atoms with E-state index in [0.29, 0.717) is 24.0 Å². The number of carbonyl (C=O) groups is 1. The molecule has 2 saturated heterocycles. The highest BCUT2D eigenvalue weighted by atomic mass is 16.2. The summed E-state index contributed by atoms with van der Waals surface area (Å²) in [5.41, 5.74) is 0.747. The number of hydrogen-bond donors (Lipinski definition) is 2. The van der Waals surface area contributed by atoms with Gasteiger partial charge in [-0.3, -0.25) is 9.89 Å². The number of nitriles is 1. The predicted octanol–water partition coefficient (Wildman–Crippen LogP) is 2.55. The highest BCUT2D eigenvalue weighted by Gasteiger charge is 2.60. The molecule has 0 radical (unpaired) electrons. The molecule has 2 aliphatic heterocycles. The number of amides is 1. The van der Waals surface area contributed by atoms with Crippen molar-refractivity contribution in [3.8, 4) is 6.07 Å². The van der Waals surface area contributed by atoms with Gasteiger partial charge in [0.2, 0.25) is 5.91 Å². The van der Waals surface area contributed by atoms with Gasteiger partial charge in [-0.05, 0) is 44.1 Å². The van der Waals surface area contributed by atoms with Gasteiger partial charge in [0.25, 0.3) is 0 Å². The number of carbonyl (C=O) groups excluding carboxylic acids is 1. The van der Waals surface area contributed by atoms with E-state index in [9.17, 15) is 10.1 Å². The van der Waals surface area contributed by atoms with Crippen LogP contribution >= 0.6 is 0 Å². The number of nitrogens with zero attached hydrogens (tertiary/aromatic N) is 5. The molecule has 2 aliphatic rings. The quantitative estimate of drug-likeness (QED) is 0.748. The fraction of sp³-hybridized carbons (Fsp3) is 0.571. The SMILES string of the molecule is CC(C)CC[C@]1(C(=O)NCc2ccn[nH]2)C[C@H]2CC[C@@H]1N2c1nccnc1C#N. The molecule has 0 aromatic carbocycles. The van der Waals surface area contributed by atoms with Gasteiger partial charge in [0.05, 0.1) is 17.7 Å². The van der Waals surface area contributed by atoms with Crippen molar-refractivity contribution < 1.29 is 4.79 Å². The Morgan fingerprint density at radius 2 is 2.21 bits per heavy atom. The molecule has 8 nitrogen and oxygen atoms in total. The number of aromatic nitrogens is 4. The topological polar surface area (TPSA) is 111 Å². The molecule has 4 rings (SSSR count). The average Bonchev–Trinajstić information content (AvgIpc) is 3.46. The van der Waals surface area contributed by atoms with Crippen LogP contribution in [0.1, 0.15) is 57.3 Å². The van der Waals surface area contributed by atoms with Gasteiger partial charge in [-0.15, -0.1) is 0 Å². The van der Waals surface area contributed by atoms with Crippen molar-refractivity contribution in [2.24, 2.45) is 11.3 Å². The van der Waals surface area contributed by atoms with Crippen LogP contribution in [-0.2, 0) is 11.3 Å². The Hall–Kier alpha value is -2.95. The Bertz CT molecular complexity index is 904. The van der Waals surface area contributed by atoms with Crippen LogP contribution in [0.3, 0.4) is 0 Å². The van der Waals surface area contributed by atoms with Crippen molar-refractivity contribution in [1.29, 1.82) is 5.26 Å². The second-order valence-corrected chi connectivity index (χ2v) is 8.55. The molecule has 2 bridgehead atoms. The summed E-state index contributed by atoms with van der Waals surface area (Å²) in [6.45, 7) is 4.82. The van der Waals surface area contributed by atoms with Crippen molar-refractivity contribution in [3.05, 3.63) is 36.0 Å². The van der Waals surface area contributed by atoms with Crippen molar-refractivity contribution in [1.82, 2.24) is 25.5 Å². The molecule has 0 unspecified atom stereocenters. The van der Waals surface area contributed by atoms with Crippen molar-refractivity contribution in [2.45, 2.75) is 64.6 Å². The molecule has 2 aromatic rings. The van der Waals surface area contributed by atoms with Gasteiger partial charge in [-0.25, -0.2) is 9.97 Å². The van der Waals surface area contributed by atoms with E-state index in [-0.39, 0.29) is 18.0 Å². The van der Waals surface area contributed by atoms with Crippen molar-refractivity contribution in [2.75, 3.05) is 4.90 Å². The van der Waals surface area contributed by atoms with Gasteiger partial charge in [-0.1, -0.05) is 13.8 Å². The maximum absolute atomic E-state index is 13.5. The van der Waals surface area contributed by atoms with Gasteiger partial charge in [0.1, 0.15) is 6.07 Å². The minimum atomic E-state index is -0.475. The van der Waals surface area contributed by atoms with E-state index < -0.39 is 5.41 Å². The first-order valence-electron chi connectivity index (χ1n) is 10.3. The smallest absolute Gasteiger partial charge is 0.228 e. The van der Waals surface area contributed by atoms with E-state index in [2.05, 4.69) is 50.3 Å². The molecule has 2 fully saturated rings. The van der Waals surface area contributed by atoms with E-state index >= 15 is 0 Å². The van der Waals surface area contributed by atoms with Crippen molar-refractivity contribution in [3.63, 3.8) is 0 Å². The highest BCUT2D eigenvalue weighted by molar-refractivity contribution is 5.85. The normalized spacial score (nSPS) is 25.4. The zero-order valence-corrected chi connectivity index (χ0v) is 16.9. The summed E-state index contributed by atoms with van der Waals surface area (Å²) >= 11 is 0. The second kappa shape index (κ2) is 7.82. The Balaban J connectivity index is 1.63. The lowest BCUT2D eigenvalue weighted by Gasteiger charge is -2.37. The van der Waals surface area contributed by atoms with Gasteiger partial charge in [0.15, 0.2) is 11.5 Å². The first kappa shape index (κ1) is 19.4. The Morgan fingerprint density at radius 3 is 2.93 bits per heavy atom. The number of aromatic amines is 1. The molecular weight excluding hydrogens is 366 g/mol. The molecule has 0 spiro atoms. The first-order chi connectivity index (χ1) is 14.0. The third-order valence-electron chi connectivity index (χ3n) is 6.39. The molecule has 29 heavy (non-hydrogen) atoms. The minimum absolute atomic E-state index is 0.0387. The number of hydrogen-bond acceptors (Lipinski definition) is 6. The number of nitrogens with one attached hydrogen (secondary N) is 2. The van der Waals surface area contributed by atoms with Crippen LogP contribution in [0.4, 0.5) is 5.82 Å². The lowest BCUT2D eigenvalue weighted by atomic mass is 9.69. The number of anilines is 1. The van der Waals surface area contributed by atoms with Crippen LogP contribution < -0.4 is 10.2 Å². The second-order valence-electron chi connectivity index (χ2n) is 8.55. The van der Waals surface area contributed by atoms with Crippen LogP contribution in [0.5, 0.6) is 0 Å². The molecule has 2 aromatic heterocycles. The lowest BCUT2D eigenvalue weighted by molar-refractivity contribution is -0.133. The summed E-state index contributed by atoms with van der Waals surface area (Å²) in [4.78, 5) is 24.4. The Morgan fingerprint density at radius 1 is 1.38 bits per heavy atom. The van der Waals surface area contributed by atoms with E-state index in [4.69, 9.17) is 0 Å². The average molecular weight is 393 g/mol. The highest BCUT2D eigenvalue weighted by Crippen LogP contribution is 2.54. The maximum atomic E-state index is 13.5. The van der Waals surface area contributed by atoms with Crippen LogP contribution in [-0.4, -0.2) is 38.2 Å². The van der Waals surface area contributed by atoms with Gasteiger partial charge in [-0.2, -0.15) is 10.4 Å². The molecule has 4 heterocycles. The summed E-state index contributed by atoms with van der Waals surface area (Å²) in [7, 11) is 0. The van der Waals surface area contributed by atoms with Crippen molar-refractivity contribution >= 4 is 11.7 Å². The van der Waals surface area contributed by atoms with E-state index in [1.54, 1.807) is 18.6 Å². The molecule has 1 amide bonds. The fourth-order valence-electron chi connectivity index (χ4n) is 5.01. The van der Waals surface area contributed by atoms with E-state index in [1.165, 1.54) is 0 Å². The molecule has 8 heteroatoms. The standard InChI is InChI=1S/C21H27N7O/c1-14(2)5-7-21(20(29)25-13-15-6-8-26-27-15)11-16-3-4-18(21)28(16)19-17(12-22)23-9-10-24-19/h6,8-10,14,16,18H,3-5,7,11,13H2,1-2H3,(H,25,29)(H,26,27)/t16-,18+,21+/m1/s1. The van der Waals surface area contributed by atoms with E-state index in [1.807, 2.05) is 6.07 Å². The molecule has 3 atom stereocenters. The maximum Gasteiger partial charge on any atom is 0.228 e. The van der Waals surface area contributed by atoms with Crippen LogP contribution in [0.25, 0.3) is 0 Å². The minimum Gasteiger partial charge on any atom is -0.350 e. The summed E-state index contributed by atoms with van der Waals surface area (Å²) in [5, 5.41) is 19.5. The summed E-state index contributed by atoms with van der Waals surface area (Å²) in [6, 6.07) is 4.29. The van der Waals surface area contributed by atoms with E-state index in [0.717, 1.165) is 37.8 Å². The molecule has 2 N–H and O–H groups in total. The third kappa shape index (κ3) is 3.46. The number of H-pyrrole nitrogens is 1. The van der Waals surface area contributed by atoms with Gasteiger partial charge in [0, 0.05) is 30.7 Å². The summed E-state index contributed by atoms with van der Waals surface area (Å²) in [5.74, 6) is 1.23. The van der Waals surface area contributed by atoms with Gasteiger partial charge >= 0.3 is 0 Å². The monoisotopic (exact) mass is 393 g/mol. The molecular formula is C21H27N7O. The van der Waals surface area contributed by atoms with Crippen LogP contribution in [0, 0.1) is 22.7 Å². The zero-order valence-electron chi connectivity index (χ0n) is 16.9. The molecule has 152 valence electrons. The van der Waals surface area contributed by atoms with Crippen LogP contribution in [0.15, 0.2) is 24.7 Å². The molecule has 0 saturated carbocycles. The van der Waals surface area contributed by atoms with Gasteiger partial charge < -0.3 is 10.2 Å². The Kier molecular flexibility index (Phi) is 5.22. The summed E-state index contributed by atoms with van der Waals surface area (Å²) < 4.78 is 0. The molecule has 0 aliphatic carbocycles. The third-order valence-corrected chi connectivity index (χ3v) is 6.39. The number of fused-ring (bicyclic) bond motifs is 2. The Labute approximate surface area is 170 Å². The lowest BCUT2D eigenvalue weighted by Crippen LogP contribution is -2.49. The predicted molar refractivity (Wildman–Crippen MR) is 108 cm³/mol. The zero-order chi connectivity index (χ0) is 20.4. The fourth-order valence-corrected chi connectivity index (χ4v) is 5.01. The largest absolute Gasteiger partial charge is 0.350 e. The number of rotatable bonds is 7. The summed E-state index contributed by atoms with van der Waals surface area (Å²) in [6.07, 6.45) is 9.42.